The van der Waals surface area contributed by atoms with Gasteiger partial charge < -0.3 is 25.4 Å². The number of hydrogen-bond donors (Lipinski definition) is 3. The Morgan fingerprint density at radius 1 is 1.12 bits per heavy atom. The third-order valence-corrected chi connectivity index (χ3v) is 7.09. The van der Waals surface area contributed by atoms with E-state index in [2.05, 4.69) is 20.4 Å². The third-order valence-electron chi connectivity index (χ3n) is 7.09. The first-order valence-electron chi connectivity index (χ1n) is 13.0. The molecular formula is C27H27F4N5O7. The molecule has 1 atom stereocenters. The van der Waals surface area contributed by atoms with E-state index in [1.54, 1.807) is 24.9 Å². The number of fused-ring (bicyclic) bond motifs is 1. The molecule has 4 rings (SSSR count). The predicted octanol–water partition coefficient (Wildman–Crippen LogP) is 1.12. The zero-order valence-electron chi connectivity index (χ0n) is 23.0. The lowest BCUT2D eigenvalue weighted by molar-refractivity contribution is -0.140. The van der Waals surface area contributed by atoms with Gasteiger partial charge in [-0.1, -0.05) is 0 Å². The van der Waals surface area contributed by atoms with Crippen LogP contribution in [0.2, 0.25) is 0 Å². The number of nitrogens with zero attached hydrogens (tertiary/aromatic N) is 3. The van der Waals surface area contributed by atoms with Crippen molar-refractivity contribution in [3.05, 3.63) is 52.7 Å². The summed E-state index contributed by atoms with van der Waals surface area (Å²) < 4.78 is 59.0. The highest BCUT2D eigenvalue weighted by molar-refractivity contribution is 6.04. The third kappa shape index (κ3) is 6.90. The zero-order chi connectivity index (χ0) is 31.6. The van der Waals surface area contributed by atoms with Crippen LogP contribution in [-0.4, -0.2) is 88.2 Å². The summed E-state index contributed by atoms with van der Waals surface area (Å²) in [5, 5.41) is 14.0. The summed E-state index contributed by atoms with van der Waals surface area (Å²) in [6.07, 6.45) is 0.639. The number of ether oxygens (including phenoxy) is 1. The number of carboxylic acids is 1. The van der Waals surface area contributed by atoms with Gasteiger partial charge in [-0.25, -0.2) is 13.8 Å². The fourth-order valence-electron chi connectivity index (χ4n) is 4.62. The number of carbonyl (C=O) groups is 5. The van der Waals surface area contributed by atoms with Crippen molar-refractivity contribution in [1.29, 1.82) is 0 Å². The second-order valence-electron chi connectivity index (χ2n) is 10.6. The molecule has 43 heavy (non-hydrogen) atoms. The average Bonchev–Trinajstić information content (AvgIpc) is 3.15. The van der Waals surface area contributed by atoms with Crippen molar-refractivity contribution in [3.63, 3.8) is 0 Å². The van der Waals surface area contributed by atoms with Crippen LogP contribution in [-0.2, 0) is 35.9 Å². The number of nitrogens with one attached hydrogen (secondary N) is 2. The van der Waals surface area contributed by atoms with E-state index >= 15 is 0 Å². The van der Waals surface area contributed by atoms with Crippen molar-refractivity contribution < 1.29 is 51.4 Å². The van der Waals surface area contributed by atoms with Gasteiger partial charge in [0.1, 0.15) is 18.5 Å². The van der Waals surface area contributed by atoms with Crippen LogP contribution >= 0.6 is 0 Å². The van der Waals surface area contributed by atoms with Gasteiger partial charge in [0.25, 0.3) is 0 Å². The number of aromatic nitrogens is 1. The van der Waals surface area contributed by atoms with E-state index in [0.29, 0.717) is 16.9 Å². The molecule has 2 aromatic rings. The average molecular weight is 610 g/mol. The van der Waals surface area contributed by atoms with Crippen molar-refractivity contribution in [2.45, 2.75) is 38.3 Å². The number of carbonyl (C=O) groups excluding carboxylic acids is 4. The Morgan fingerprint density at radius 3 is 2.42 bits per heavy atom. The molecule has 2 aliphatic heterocycles. The SMILES string of the molecule is CC1(C)C(=O)Nc2ncc(CN3CCN(CC(=O)N[C@@H](CC(=O)O)C(=O)COc4c(F)c(F)cc(F)c4F)CC3=O)cc21. The number of hydrogen-bond acceptors (Lipinski definition) is 8. The molecule has 0 radical (unpaired) electrons. The molecule has 0 spiro atoms. The summed E-state index contributed by atoms with van der Waals surface area (Å²) >= 11 is 0. The Balaban J connectivity index is 1.32. The molecule has 0 bridgehead atoms. The summed E-state index contributed by atoms with van der Waals surface area (Å²) in [6.45, 7) is 2.49. The van der Waals surface area contributed by atoms with Gasteiger partial charge in [-0.2, -0.15) is 8.78 Å². The molecule has 1 saturated heterocycles. The minimum Gasteiger partial charge on any atom is -0.481 e. The van der Waals surface area contributed by atoms with E-state index < -0.39 is 71.2 Å². The van der Waals surface area contributed by atoms with Gasteiger partial charge in [-0.05, 0) is 25.5 Å². The molecule has 3 amide bonds. The van der Waals surface area contributed by atoms with Crippen LogP contribution in [0.25, 0.3) is 0 Å². The number of amides is 3. The molecule has 12 nitrogen and oxygen atoms in total. The van der Waals surface area contributed by atoms with Crippen molar-refractivity contribution in [2.75, 3.05) is 38.1 Å². The molecule has 0 unspecified atom stereocenters. The minimum absolute atomic E-state index is 0.0525. The van der Waals surface area contributed by atoms with E-state index in [-0.39, 0.29) is 50.6 Å². The first-order chi connectivity index (χ1) is 20.2. The number of halogens is 4. The van der Waals surface area contributed by atoms with E-state index in [0.717, 1.165) is 0 Å². The maximum absolute atomic E-state index is 13.8. The summed E-state index contributed by atoms with van der Waals surface area (Å²) in [7, 11) is 0. The number of piperazine rings is 1. The monoisotopic (exact) mass is 609 g/mol. The number of pyridine rings is 1. The Morgan fingerprint density at radius 2 is 1.79 bits per heavy atom. The number of Topliss-reactive ketones (excluding diaryl/α,β-unsaturated/α-hetero) is 1. The summed E-state index contributed by atoms with van der Waals surface area (Å²) in [5.74, 6) is -12.3. The fraction of sp³-hybridized carbons (Fsp3) is 0.407. The van der Waals surface area contributed by atoms with E-state index in [9.17, 15) is 41.5 Å². The van der Waals surface area contributed by atoms with Gasteiger partial charge in [0.15, 0.2) is 23.2 Å². The largest absolute Gasteiger partial charge is 0.481 e. The van der Waals surface area contributed by atoms with Gasteiger partial charge in [0.05, 0.1) is 24.9 Å². The zero-order valence-corrected chi connectivity index (χ0v) is 23.0. The molecule has 1 aromatic carbocycles. The number of ketones is 1. The number of aliphatic carboxylic acids is 1. The van der Waals surface area contributed by atoms with Crippen LogP contribution in [0.1, 0.15) is 31.4 Å². The van der Waals surface area contributed by atoms with E-state index in [1.165, 1.54) is 4.90 Å². The standard InChI is InChI=1S/C27H27F4N5O7/c1-27(2)14-5-13(8-32-25(14)34-26(27)42)9-36-4-3-35(11-20(36)39)10-19(38)33-17(7-21(40)41)18(37)12-43-24-22(30)15(28)6-16(29)23(24)31/h5-6,8,17H,3-4,7,9-12H2,1-2H3,(H,33,38)(H,40,41)(H,32,34,42)/t17-/m0/s1. The minimum atomic E-state index is -1.89. The maximum atomic E-state index is 13.8. The van der Waals surface area contributed by atoms with Crippen LogP contribution in [0.15, 0.2) is 18.3 Å². The number of carboxylic acid groups (broad SMARTS) is 1. The lowest BCUT2D eigenvalue weighted by atomic mass is 9.86. The van der Waals surface area contributed by atoms with Crippen LogP contribution in [0, 0.1) is 23.3 Å². The molecule has 3 N–H and O–H groups in total. The van der Waals surface area contributed by atoms with Crippen LogP contribution < -0.4 is 15.4 Å². The molecule has 3 heterocycles. The first kappa shape index (κ1) is 31.3. The van der Waals surface area contributed by atoms with Crippen molar-refractivity contribution in [2.24, 2.45) is 0 Å². The topological polar surface area (TPSA) is 158 Å². The molecule has 0 aliphatic carbocycles. The van der Waals surface area contributed by atoms with Gasteiger partial charge in [0.2, 0.25) is 29.4 Å². The highest BCUT2D eigenvalue weighted by Gasteiger charge is 2.39. The second-order valence-corrected chi connectivity index (χ2v) is 10.6. The highest BCUT2D eigenvalue weighted by atomic mass is 19.2. The van der Waals surface area contributed by atoms with Gasteiger partial charge in [-0.3, -0.25) is 28.9 Å². The normalized spacial score (nSPS) is 16.8. The smallest absolute Gasteiger partial charge is 0.305 e. The highest BCUT2D eigenvalue weighted by Crippen LogP contribution is 2.36. The number of anilines is 1. The summed E-state index contributed by atoms with van der Waals surface area (Å²) in [5.41, 5.74) is 0.650. The van der Waals surface area contributed by atoms with Crippen molar-refractivity contribution >= 4 is 35.3 Å². The van der Waals surface area contributed by atoms with E-state index in [4.69, 9.17) is 5.11 Å². The molecule has 1 fully saturated rings. The van der Waals surface area contributed by atoms with Crippen molar-refractivity contribution in [1.82, 2.24) is 20.1 Å². The molecule has 2 aliphatic rings. The molecule has 0 saturated carbocycles. The summed E-state index contributed by atoms with van der Waals surface area (Å²) in [6, 6.07) is 0.0530. The number of benzene rings is 1. The number of rotatable bonds is 11. The van der Waals surface area contributed by atoms with Crippen LogP contribution in [0.4, 0.5) is 23.4 Å². The Labute approximate surface area is 242 Å². The Kier molecular flexibility index (Phi) is 8.98. The van der Waals surface area contributed by atoms with Crippen LogP contribution in [0.5, 0.6) is 5.75 Å². The molecule has 1 aromatic heterocycles. The summed E-state index contributed by atoms with van der Waals surface area (Å²) in [4.78, 5) is 68.7. The Hall–Kier alpha value is -4.60. The predicted molar refractivity (Wildman–Crippen MR) is 139 cm³/mol. The van der Waals surface area contributed by atoms with Gasteiger partial charge in [-0.15, -0.1) is 0 Å². The molecule has 230 valence electrons. The fourth-order valence-corrected chi connectivity index (χ4v) is 4.62. The second kappa shape index (κ2) is 12.3. The molecular weight excluding hydrogens is 582 g/mol. The van der Waals surface area contributed by atoms with Crippen LogP contribution in [0.3, 0.4) is 0 Å². The van der Waals surface area contributed by atoms with Gasteiger partial charge in [0, 0.05) is 37.5 Å². The maximum Gasteiger partial charge on any atom is 0.305 e. The lowest BCUT2D eigenvalue weighted by Crippen LogP contribution is -2.54. The first-order valence-corrected chi connectivity index (χ1v) is 13.0. The lowest BCUT2D eigenvalue weighted by Gasteiger charge is -2.34. The van der Waals surface area contributed by atoms with Crippen molar-refractivity contribution in [3.8, 4) is 5.75 Å². The molecule has 16 heteroatoms. The Bertz CT molecular complexity index is 1480. The van der Waals surface area contributed by atoms with E-state index in [1.807, 2.05) is 6.07 Å². The quantitative estimate of drug-likeness (QED) is 0.251. The van der Waals surface area contributed by atoms with Gasteiger partial charge >= 0.3 is 5.97 Å².